The lowest BCUT2D eigenvalue weighted by atomic mass is 10.2. The van der Waals surface area contributed by atoms with Crippen molar-refractivity contribution in [3.8, 4) is 0 Å². The average molecular weight is 279 g/mol. The molecular formula is C14H21N3O3. The van der Waals surface area contributed by atoms with Crippen molar-refractivity contribution in [2.75, 3.05) is 26.3 Å². The average Bonchev–Trinajstić information content (AvgIpc) is 2.70. The number of ether oxygens (including phenoxy) is 1. The minimum absolute atomic E-state index is 0.0607. The van der Waals surface area contributed by atoms with Crippen molar-refractivity contribution in [3.63, 3.8) is 0 Å². The van der Waals surface area contributed by atoms with E-state index in [-0.39, 0.29) is 18.6 Å². The normalized spacial score (nSPS) is 19.8. The van der Waals surface area contributed by atoms with Gasteiger partial charge in [-0.3, -0.25) is 9.48 Å². The van der Waals surface area contributed by atoms with Gasteiger partial charge >= 0.3 is 0 Å². The number of morpholine rings is 1. The maximum Gasteiger partial charge on any atom is 0.246 e. The molecule has 1 aliphatic rings. The number of hydrogen-bond donors (Lipinski definition) is 1. The number of aliphatic hydroxyl groups is 1. The van der Waals surface area contributed by atoms with Gasteiger partial charge in [-0.2, -0.15) is 5.10 Å². The lowest BCUT2D eigenvalue weighted by Crippen LogP contribution is -2.46. The van der Waals surface area contributed by atoms with Gasteiger partial charge in [0, 0.05) is 37.5 Å². The Balaban J connectivity index is 2.05. The molecule has 2 heterocycles. The van der Waals surface area contributed by atoms with Gasteiger partial charge in [0.1, 0.15) is 0 Å². The summed E-state index contributed by atoms with van der Waals surface area (Å²) >= 11 is 0. The van der Waals surface area contributed by atoms with Gasteiger partial charge in [-0.1, -0.05) is 0 Å². The van der Waals surface area contributed by atoms with Crippen LogP contribution in [0.25, 0.3) is 6.08 Å². The van der Waals surface area contributed by atoms with E-state index in [1.165, 1.54) is 0 Å². The Bertz CT molecular complexity index is 522. The Labute approximate surface area is 118 Å². The lowest BCUT2D eigenvalue weighted by Gasteiger charge is -2.31. The second-order valence-electron chi connectivity index (χ2n) is 5.00. The fraction of sp³-hybridized carbons (Fsp3) is 0.571. The largest absolute Gasteiger partial charge is 0.394 e. The van der Waals surface area contributed by atoms with Crippen LogP contribution in [0.5, 0.6) is 0 Å². The molecule has 2 rings (SSSR count). The molecule has 0 aromatic carbocycles. The van der Waals surface area contributed by atoms with Crippen molar-refractivity contribution in [2.45, 2.75) is 20.0 Å². The summed E-state index contributed by atoms with van der Waals surface area (Å²) in [4.78, 5) is 13.8. The maximum atomic E-state index is 12.1. The molecule has 0 saturated carbocycles. The number of carbonyl (C=O) groups excluding carboxylic acids is 1. The number of carbonyl (C=O) groups is 1. The molecule has 1 N–H and O–H groups in total. The molecule has 1 amide bonds. The van der Waals surface area contributed by atoms with E-state index >= 15 is 0 Å². The molecule has 1 aromatic rings. The molecule has 0 aliphatic carbocycles. The first-order valence-corrected chi connectivity index (χ1v) is 6.72. The van der Waals surface area contributed by atoms with Crippen molar-refractivity contribution < 1.29 is 14.6 Å². The van der Waals surface area contributed by atoms with Crippen LogP contribution in [0.1, 0.15) is 17.0 Å². The number of amides is 1. The zero-order chi connectivity index (χ0) is 14.7. The van der Waals surface area contributed by atoms with Crippen LogP contribution in [0, 0.1) is 13.8 Å². The van der Waals surface area contributed by atoms with Gasteiger partial charge in [-0.25, -0.2) is 0 Å². The molecule has 1 unspecified atom stereocenters. The van der Waals surface area contributed by atoms with Gasteiger partial charge < -0.3 is 14.7 Å². The van der Waals surface area contributed by atoms with Crippen molar-refractivity contribution in [3.05, 3.63) is 23.0 Å². The summed E-state index contributed by atoms with van der Waals surface area (Å²) in [7, 11) is 1.88. The third-order valence-corrected chi connectivity index (χ3v) is 3.61. The Morgan fingerprint density at radius 3 is 2.90 bits per heavy atom. The monoisotopic (exact) mass is 279 g/mol. The van der Waals surface area contributed by atoms with Crippen molar-refractivity contribution >= 4 is 12.0 Å². The summed E-state index contributed by atoms with van der Waals surface area (Å²) in [5.41, 5.74) is 2.92. The van der Waals surface area contributed by atoms with Crippen LogP contribution >= 0.6 is 0 Å². The summed E-state index contributed by atoms with van der Waals surface area (Å²) in [5, 5.41) is 13.4. The van der Waals surface area contributed by atoms with Gasteiger partial charge in [-0.05, 0) is 19.9 Å². The Kier molecular flexibility index (Phi) is 4.57. The summed E-state index contributed by atoms with van der Waals surface area (Å²) in [6.07, 6.45) is 3.10. The molecule has 1 aliphatic heterocycles. The van der Waals surface area contributed by atoms with E-state index in [1.807, 2.05) is 27.0 Å². The number of nitrogens with zero attached hydrogens (tertiary/aromatic N) is 3. The second-order valence-corrected chi connectivity index (χ2v) is 5.00. The zero-order valence-electron chi connectivity index (χ0n) is 12.2. The molecule has 1 fully saturated rings. The molecule has 110 valence electrons. The van der Waals surface area contributed by atoms with Crippen LogP contribution in [0.15, 0.2) is 6.08 Å². The van der Waals surface area contributed by atoms with Crippen LogP contribution in [0.2, 0.25) is 0 Å². The molecule has 1 saturated heterocycles. The predicted molar refractivity (Wildman–Crippen MR) is 75.1 cm³/mol. The Morgan fingerprint density at radius 2 is 2.30 bits per heavy atom. The highest BCUT2D eigenvalue weighted by molar-refractivity contribution is 5.92. The fourth-order valence-electron chi connectivity index (χ4n) is 2.32. The van der Waals surface area contributed by atoms with Gasteiger partial charge in [0.05, 0.1) is 25.0 Å². The van der Waals surface area contributed by atoms with Crippen LogP contribution in [-0.2, 0) is 16.6 Å². The molecule has 1 aromatic heterocycles. The molecule has 20 heavy (non-hydrogen) atoms. The maximum absolute atomic E-state index is 12.1. The summed E-state index contributed by atoms with van der Waals surface area (Å²) < 4.78 is 7.13. The van der Waals surface area contributed by atoms with E-state index in [1.54, 1.807) is 15.7 Å². The van der Waals surface area contributed by atoms with E-state index in [0.717, 1.165) is 17.0 Å². The first-order valence-electron chi connectivity index (χ1n) is 6.72. The third kappa shape index (κ3) is 3.08. The Morgan fingerprint density at radius 1 is 1.55 bits per heavy atom. The first-order chi connectivity index (χ1) is 9.52. The summed E-state index contributed by atoms with van der Waals surface area (Å²) in [6.45, 7) is 5.30. The molecule has 6 heteroatoms. The highest BCUT2D eigenvalue weighted by Gasteiger charge is 2.22. The minimum Gasteiger partial charge on any atom is -0.394 e. The topological polar surface area (TPSA) is 67.6 Å². The van der Waals surface area contributed by atoms with Crippen LogP contribution in [-0.4, -0.2) is 58.1 Å². The third-order valence-electron chi connectivity index (χ3n) is 3.61. The van der Waals surface area contributed by atoms with Gasteiger partial charge in [-0.15, -0.1) is 0 Å². The number of hydrogen-bond acceptors (Lipinski definition) is 4. The minimum atomic E-state index is -0.275. The molecule has 6 nitrogen and oxygen atoms in total. The first kappa shape index (κ1) is 14.7. The van der Waals surface area contributed by atoms with Crippen LogP contribution in [0.4, 0.5) is 0 Å². The van der Waals surface area contributed by atoms with Crippen molar-refractivity contribution in [2.24, 2.45) is 7.05 Å². The summed E-state index contributed by atoms with van der Waals surface area (Å²) in [6, 6.07) is 0. The molecule has 0 radical (unpaired) electrons. The van der Waals surface area contributed by atoms with Crippen molar-refractivity contribution in [1.82, 2.24) is 14.7 Å². The molecule has 0 spiro atoms. The van der Waals surface area contributed by atoms with E-state index in [4.69, 9.17) is 9.84 Å². The number of rotatable bonds is 3. The SMILES string of the molecule is Cc1nn(C)c(C)c1/C=C/C(=O)N1CCOC(CO)C1. The van der Waals surface area contributed by atoms with Gasteiger partial charge in [0.25, 0.3) is 0 Å². The second kappa shape index (κ2) is 6.19. The number of aryl methyl sites for hydroxylation is 2. The molecular weight excluding hydrogens is 258 g/mol. The number of aromatic nitrogens is 2. The van der Waals surface area contributed by atoms with E-state index < -0.39 is 0 Å². The van der Waals surface area contributed by atoms with E-state index in [9.17, 15) is 4.79 Å². The van der Waals surface area contributed by atoms with E-state index in [2.05, 4.69) is 5.10 Å². The van der Waals surface area contributed by atoms with Gasteiger partial charge in [0.2, 0.25) is 5.91 Å². The fourth-order valence-corrected chi connectivity index (χ4v) is 2.32. The van der Waals surface area contributed by atoms with Crippen LogP contribution in [0.3, 0.4) is 0 Å². The van der Waals surface area contributed by atoms with Crippen LogP contribution < -0.4 is 0 Å². The van der Waals surface area contributed by atoms with Gasteiger partial charge in [0.15, 0.2) is 0 Å². The predicted octanol–water partition coefficient (Wildman–Crippen LogP) is 0.270. The quantitative estimate of drug-likeness (QED) is 0.807. The Hall–Kier alpha value is -1.66. The molecule has 1 atom stereocenters. The van der Waals surface area contributed by atoms with E-state index in [0.29, 0.717) is 19.7 Å². The standard InChI is InChI=1S/C14H21N3O3/c1-10-13(11(2)16(3)15-10)4-5-14(19)17-6-7-20-12(8-17)9-18/h4-5,12,18H,6-9H2,1-3H3/b5-4+. The highest BCUT2D eigenvalue weighted by atomic mass is 16.5. The molecule has 0 bridgehead atoms. The number of aliphatic hydroxyl groups excluding tert-OH is 1. The smallest absolute Gasteiger partial charge is 0.246 e. The zero-order valence-corrected chi connectivity index (χ0v) is 12.2. The summed E-state index contributed by atoms with van der Waals surface area (Å²) in [5.74, 6) is -0.0607. The highest BCUT2D eigenvalue weighted by Crippen LogP contribution is 2.14. The van der Waals surface area contributed by atoms with Crippen molar-refractivity contribution in [1.29, 1.82) is 0 Å². The lowest BCUT2D eigenvalue weighted by molar-refractivity contribution is -0.134.